The molecule has 8 nitrogen and oxygen atoms in total. The summed E-state index contributed by atoms with van der Waals surface area (Å²) < 4.78 is 38.8. The van der Waals surface area contributed by atoms with E-state index < -0.39 is 12.6 Å². The van der Waals surface area contributed by atoms with E-state index in [4.69, 9.17) is 0 Å². The van der Waals surface area contributed by atoms with Crippen LogP contribution in [0.4, 0.5) is 19.0 Å². The maximum absolute atomic E-state index is 12.9. The summed E-state index contributed by atoms with van der Waals surface area (Å²) in [6, 6.07) is 4.95. The van der Waals surface area contributed by atoms with Crippen molar-refractivity contribution >= 4 is 33.3 Å². The molecular formula is C32H42F3N7OS. The highest BCUT2D eigenvalue weighted by atomic mass is 32.1. The molecule has 4 aliphatic rings. The molecule has 0 aromatic carbocycles. The van der Waals surface area contributed by atoms with Crippen molar-refractivity contribution in [3.63, 3.8) is 0 Å². The van der Waals surface area contributed by atoms with Gasteiger partial charge in [-0.1, -0.05) is 13.8 Å². The van der Waals surface area contributed by atoms with E-state index in [1.165, 1.54) is 6.33 Å². The number of amides is 1. The van der Waals surface area contributed by atoms with Gasteiger partial charge in [0.1, 0.15) is 28.7 Å². The molecule has 1 amide bonds. The van der Waals surface area contributed by atoms with E-state index >= 15 is 0 Å². The van der Waals surface area contributed by atoms with Crippen LogP contribution in [0.5, 0.6) is 0 Å². The molecule has 44 heavy (non-hydrogen) atoms. The number of fused-ring (bicyclic) bond motifs is 2. The molecule has 12 heteroatoms. The first kappa shape index (κ1) is 31.1. The lowest BCUT2D eigenvalue weighted by atomic mass is 9.70. The average Bonchev–Trinajstić information content (AvgIpc) is 3.54. The first-order valence-electron chi connectivity index (χ1n) is 16.1. The number of alkyl halides is 3. The van der Waals surface area contributed by atoms with Crippen molar-refractivity contribution in [2.24, 2.45) is 23.7 Å². The third-order valence-corrected chi connectivity index (χ3v) is 11.4. The summed E-state index contributed by atoms with van der Waals surface area (Å²) >= 11 is 1.08. The van der Waals surface area contributed by atoms with Crippen molar-refractivity contribution in [2.75, 3.05) is 31.5 Å². The van der Waals surface area contributed by atoms with Gasteiger partial charge in [-0.05, 0) is 68.4 Å². The molecule has 4 heterocycles. The Labute approximate surface area is 261 Å². The van der Waals surface area contributed by atoms with Crippen molar-refractivity contribution in [3.8, 4) is 6.07 Å². The van der Waals surface area contributed by atoms with Crippen LogP contribution in [-0.4, -0.2) is 76.2 Å². The van der Waals surface area contributed by atoms with Crippen molar-refractivity contribution in [1.29, 1.82) is 5.26 Å². The SMILES string of the molecule is CCC(=O)N[C@H]1C[C@@H](CN2C(C#N)=CC3C(C)C(CN4CCC(Nc5ncnc6sc(CC(F)(F)F)cc56)CC4)CCC32)C1. The van der Waals surface area contributed by atoms with Gasteiger partial charge in [0.25, 0.3) is 0 Å². The second-order valence-corrected chi connectivity index (χ2v) is 14.4. The molecular weight excluding hydrogens is 587 g/mol. The van der Waals surface area contributed by atoms with Gasteiger partial charge in [0.15, 0.2) is 0 Å². The van der Waals surface area contributed by atoms with Gasteiger partial charge in [0.05, 0.1) is 11.8 Å². The fraction of sp³-hybridized carbons (Fsp3) is 0.688. The smallest absolute Gasteiger partial charge is 0.367 e. The zero-order chi connectivity index (χ0) is 31.0. The highest BCUT2D eigenvalue weighted by Crippen LogP contribution is 2.45. The van der Waals surface area contributed by atoms with Crippen LogP contribution in [0.1, 0.15) is 63.7 Å². The summed E-state index contributed by atoms with van der Waals surface area (Å²) in [4.78, 5) is 26.1. The summed E-state index contributed by atoms with van der Waals surface area (Å²) in [5.74, 6) is 2.73. The molecule has 0 radical (unpaired) electrons. The molecule has 2 aliphatic heterocycles. The van der Waals surface area contributed by atoms with Crippen LogP contribution in [0, 0.1) is 35.0 Å². The number of likely N-dealkylation sites (tertiary alicyclic amines) is 1. The minimum atomic E-state index is -4.24. The molecule has 1 saturated heterocycles. The third kappa shape index (κ3) is 6.84. The summed E-state index contributed by atoms with van der Waals surface area (Å²) in [5, 5.41) is 17.2. The predicted octanol–water partition coefficient (Wildman–Crippen LogP) is 5.73. The monoisotopic (exact) mass is 629 g/mol. The van der Waals surface area contributed by atoms with E-state index in [1.54, 1.807) is 6.07 Å². The molecule has 4 atom stereocenters. The van der Waals surface area contributed by atoms with Gasteiger partial charge in [0.2, 0.25) is 5.91 Å². The highest BCUT2D eigenvalue weighted by molar-refractivity contribution is 7.18. The van der Waals surface area contributed by atoms with Gasteiger partial charge in [-0.3, -0.25) is 4.79 Å². The molecule has 238 valence electrons. The lowest BCUT2D eigenvalue weighted by Gasteiger charge is -2.46. The van der Waals surface area contributed by atoms with Gasteiger partial charge in [-0.2, -0.15) is 18.4 Å². The minimum Gasteiger partial charge on any atom is -0.367 e. The maximum atomic E-state index is 12.9. The predicted molar refractivity (Wildman–Crippen MR) is 165 cm³/mol. The average molecular weight is 630 g/mol. The van der Waals surface area contributed by atoms with Crippen LogP contribution >= 0.6 is 11.3 Å². The number of allylic oxidation sites excluding steroid dienone is 1. The van der Waals surface area contributed by atoms with Crippen LogP contribution in [0.3, 0.4) is 0 Å². The van der Waals surface area contributed by atoms with Crippen molar-refractivity contribution in [3.05, 3.63) is 29.0 Å². The largest absolute Gasteiger partial charge is 0.393 e. The summed E-state index contributed by atoms with van der Waals surface area (Å²) in [6.07, 6.45) is 5.14. The first-order chi connectivity index (χ1) is 21.1. The standard InChI is InChI=1S/C32H42F3N7OS/c1-3-29(43)39-23-10-20(11-23)16-42-24(15-36)12-26-19(2)21(4-5-28(26)42)17-41-8-6-22(7-9-41)40-30-27-13-25(14-32(33,34)35)44-31(27)38-18-37-30/h12-13,18-23,26,28H,3-11,14,16-17H2,1-2H3,(H,39,43)(H,37,38,40)/t19?,20-,21?,23+,26?,28?. The van der Waals surface area contributed by atoms with E-state index in [9.17, 15) is 23.2 Å². The lowest BCUT2D eigenvalue weighted by Crippen LogP contribution is -2.50. The molecule has 2 aromatic heterocycles. The molecule has 0 spiro atoms. The lowest BCUT2D eigenvalue weighted by molar-refractivity contribution is -0.126. The van der Waals surface area contributed by atoms with Crippen LogP contribution in [0.15, 0.2) is 24.2 Å². The Morgan fingerprint density at radius 3 is 2.61 bits per heavy atom. The Morgan fingerprint density at radius 1 is 1.14 bits per heavy atom. The number of halogens is 3. The molecule has 4 unspecified atom stereocenters. The number of carbonyl (C=O) groups excluding carboxylic acids is 1. The van der Waals surface area contributed by atoms with Gasteiger partial charge in [0, 0.05) is 61.5 Å². The number of thiophene rings is 1. The third-order valence-electron chi connectivity index (χ3n) is 10.4. The van der Waals surface area contributed by atoms with Gasteiger partial charge < -0.3 is 20.4 Å². The molecule has 2 aliphatic carbocycles. The van der Waals surface area contributed by atoms with Gasteiger partial charge in [-0.15, -0.1) is 11.3 Å². The topological polar surface area (TPSA) is 97.2 Å². The number of nitrogens with one attached hydrogen (secondary N) is 2. The number of nitriles is 1. The minimum absolute atomic E-state index is 0.117. The number of anilines is 1. The second-order valence-electron chi connectivity index (χ2n) is 13.3. The van der Waals surface area contributed by atoms with Crippen LogP contribution in [-0.2, 0) is 11.2 Å². The van der Waals surface area contributed by atoms with Gasteiger partial charge >= 0.3 is 6.18 Å². The van der Waals surface area contributed by atoms with E-state index in [0.717, 1.165) is 81.7 Å². The summed E-state index contributed by atoms with van der Waals surface area (Å²) in [6.45, 7) is 8.13. The normalized spacial score (nSPS) is 29.5. The van der Waals surface area contributed by atoms with E-state index in [-0.39, 0.29) is 22.9 Å². The quantitative estimate of drug-likeness (QED) is 0.366. The maximum Gasteiger partial charge on any atom is 0.393 e. The van der Waals surface area contributed by atoms with Gasteiger partial charge in [-0.25, -0.2) is 9.97 Å². The zero-order valence-electron chi connectivity index (χ0n) is 25.4. The second kappa shape index (κ2) is 12.8. The van der Waals surface area contributed by atoms with E-state index in [2.05, 4.69) is 49.5 Å². The number of aromatic nitrogens is 2. The molecule has 2 saturated carbocycles. The Kier molecular flexibility index (Phi) is 9.07. The number of hydrogen-bond acceptors (Lipinski definition) is 8. The summed E-state index contributed by atoms with van der Waals surface area (Å²) in [7, 11) is 0. The number of carbonyl (C=O) groups is 1. The highest BCUT2D eigenvalue weighted by Gasteiger charge is 2.45. The number of rotatable bonds is 9. The van der Waals surface area contributed by atoms with E-state index in [1.807, 2.05) is 6.92 Å². The Hall–Kier alpha value is -2.91. The summed E-state index contributed by atoms with van der Waals surface area (Å²) in [5.41, 5.74) is 0.829. The molecule has 2 aromatic rings. The van der Waals surface area contributed by atoms with Crippen LogP contribution in [0.25, 0.3) is 10.2 Å². The first-order valence-corrected chi connectivity index (χ1v) is 16.9. The molecule has 0 bridgehead atoms. The Bertz CT molecular complexity index is 1410. The van der Waals surface area contributed by atoms with Crippen LogP contribution < -0.4 is 10.6 Å². The fourth-order valence-electron chi connectivity index (χ4n) is 7.88. The Balaban J connectivity index is 0.990. The molecule has 6 rings (SSSR count). The molecule has 3 fully saturated rings. The van der Waals surface area contributed by atoms with Crippen molar-refractivity contribution in [1.82, 2.24) is 25.1 Å². The van der Waals surface area contributed by atoms with Crippen molar-refractivity contribution in [2.45, 2.75) is 89.5 Å². The Morgan fingerprint density at radius 2 is 1.91 bits per heavy atom. The zero-order valence-corrected chi connectivity index (χ0v) is 26.3. The number of hydrogen-bond donors (Lipinski definition) is 2. The fourth-order valence-corrected chi connectivity index (χ4v) is 8.91. The van der Waals surface area contributed by atoms with Crippen molar-refractivity contribution < 1.29 is 18.0 Å². The number of nitrogens with zero attached hydrogens (tertiary/aromatic N) is 5. The molecule has 2 N–H and O–H groups in total. The van der Waals surface area contributed by atoms with E-state index in [0.29, 0.717) is 52.2 Å². The number of piperidine rings is 1. The van der Waals surface area contributed by atoms with Crippen LogP contribution in [0.2, 0.25) is 0 Å².